The molecule has 1 aliphatic heterocycles. The van der Waals surface area contributed by atoms with Gasteiger partial charge in [0.1, 0.15) is 0 Å². The van der Waals surface area contributed by atoms with Crippen LogP contribution < -0.4 is 0 Å². The summed E-state index contributed by atoms with van der Waals surface area (Å²) in [6, 6.07) is 0. The molecule has 0 saturated heterocycles. The standard InChI is InChI=1S/C13H21NO/c1-10(2)9-14-8-4-6-11-5-3-7-12(15)13(11)14/h10H,3-9H2,1-2H3. The van der Waals surface area contributed by atoms with E-state index in [-0.39, 0.29) is 0 Å². The number of allylic oxidation sites excluding steroid dienone is 2. The van der Waals surface area contributed by atoms with Gasteiger partial charge in [-0.05, 0) is 37.2 Å². The molecule has 0 aromatic rings. The summed E-state index contributed by atoms with van der Waals surface area (Å²) in [4.78, 5) is 14.3. The molecular weight excluding hydrogens is 186 g/mol. The summed E-state index contributed by atoms with van der Waals surface area (Å²) in [5, 5.41) is 0. The second kappa shape index (κ2) is 4.38. The Morgan fingerprint density at radius 3 is 2.67 bits per heavy atom. The maximum atomic E-state index is 11.9. The first kappa shape index (κ1) is 10.7. The van der Waals surface area contributed by atoms with E-state index in [9.17, 15) is 4.79 Å². The summed E-state index contributed by atoms with van der Waals surface area (Å²) in [5.74, 6) is 1.04. The number of nitrogens with zero attached hydrogens (tertiary/aromatic N) is 1. The highest BCUT2D eigenvalue weighted by molar-refractivity contribution is 5.96. The van der Waals surface area contributed by atoms with E-state index in [1.807, 2.05) is 0 Å². The maximum absolute atomic E-state index is 11.9. The second-order valence-electron chi connectivity index (χ2n) is 5.17. The summed E-state index contributed by atoms with van der Waals surface area (Å²) in [6.45, 7) is 6.58. The number of carbonyl (C=O) groups is 1. The van der Waals surface area contributed by atoms with Crippen molar-refractivity contribution in [1.29, 1.82) is 0 Å². The van der Waals surface area contributed by atoms with Crippen molar-refractivity contribution in [3.63, 3.8) is 0 Å². The Morgan fingerprint density at radius 2 is 1.93 bits per heavy atom. The van der Waals surface area contributed by atoms with Crippen molar-refractivity contribution in [3.05, 3.63) is 11.3 Å². The molecule has 1 heterocycles. The number of hydrogen-bond acceptors (Lipinski definition) is 2. The molecule has 0 spiro atoms. The largest absolute Gasteiger partial charge is 0.368 e. The number of carbonyl (C=O) groups excluding carboxylic acids is 1. The molecule has 0 unspecified atom stereocenters. The fourth-order valence-electron chi connectivity index (χ4n) is 2.76. The number of ketones is 1. The van der Waals surface area contributed by atoms with Crippen LogP contribution in [0.1, 0.15) is 46.0 Å². The van der Waals surface area contributed by atoms with Crippen molar-refractivity contribution >= 4 is 5.78 Å². The molecule has 0 aromatic carbocycles. The Morgan fingerprint density at radius 1 is 1.20 bits per heavy atom. The first-order valence-electron chi connectivity index (χ1n) is 6.18. The Balaban J connectivity index is 2.20. The molecule has 0 atom stereocenters. The van der Waals surface area contributed by atoms with Crippen LogP contribution in [0.3, 0.4) is 0 Å². The zero-order chi connectivity index (χ0) is 10.8. The topological polar surface area (TPSA) is 20.3 Å². The fourth-order valence-corrected chi connectivity index (χ4v) is 2.76. The molecule has 0 bridgehead atoms. The van der Waals surface area contributed by atoms with Gasteiger partial charge in [-0.3, -0.25) is 4.79 Å². The molecule has 0 fully saturated rings. The van der Waals surface area contributed by atoms with E-state index in [1.54, 1.807) is 0 Å². The first-order valence-corrected chi connectivity index (χ1v) is 6.18. The minimum Gasteiger partial charge on any atom is -0.368 e. The lowest BCUT2D eigenvalue weighted by Gasteiger charge is -2.36. The van der Waals surface area contributed by atoms with Crippen molar-refractivity contribution in [2.24, 2.45) is 5.92 Å². The third kappa shape index (κ3) is 2.24. The molecule has 0 amide bonds. The number of rotatable bonds is 2. The lowest BCUT2D eigenvalue weighted by atomic mass is 9.88. The Kier molecular flexibility index (Phi) is 3.13. The van der Waals surface area contributed by atoms with Crippen molar-refractivity contribution in [3.8, 4) is 0 Å². The van der Waals surface area contributed by atoms with Gasteiger partial charge < -0.3 is 4.90 Å². The Hall–Kier alpha value is -0.790. The van der Waals surface area contributed by atoms with Crippen molar-refractivity contribution in [1.82, 2.24) is 4.90 Å². The molecule has 84 valence electrons. The van der Waals surface area contributed by atoms with E-state index in [1.165, 1.54) is 12.0 Å². The van der Waals surface area contributed by atoms with Crippen molar-refractivity contribution < 1.29 is 4.79 Å². The van der Waals surface area contributed by atoms with Crippen LogP contribution in [0.4, 0.5) is 0 Å². The predicted molar refractivity (Wildman–Crippen MR) is 61.5 cm³/mol. The Bertz CT molecular complexity index is 287. The minimum atomic E-state index is 0.400. The summed E-state index contributed by atoms with van der Waals surface area (Å²) in [5.41, 5.74) is 2.54. The predicted octanol–water partition coefficient (Wildman–Crippen LogP) is 2.75. The van der Waals surface area contributed by atoms with E-state index in [2.05, 4.69) is 18.7 Å². The van der Waals surface area contributed by atoms with E-state index in [0.29, 0.717) is 11.7 Å². The van der Waals surface area contributed by atoms with Gasteiger partial charge in [0.2, 0.25) is 0 Å². The Labute approximate surface area is 92.3 Å². The monoisotopic (exact) mass is 207 g/mol. The van der Waals surface area contributed by atoms with E-state index in [0.717, 1.165) is 44.5 Å². The highest BCUT2D eigenvalue weighted by Crippen LogP contribution is 2.32. The van der Waals surface area contributed by atoms with Gasteiger partial charge >= 0.3 is 0 Å². The lowest BCUT2D eigenvalue weighted by molar-refractivity contribution is -0.118. The average Bonchev–Trinajstić information content (AvgIpc) is 2.17. The molecule has 2 rings (SSSR count). The summed E-state index contributed by atoms with van der Waals surface area (Å²) in [6.07, 6.45) is 5.41. The highest BCUT2D eigenvalue weighted by Gasteiger charge is 2.28. The number of hydrogen-bond donors (Lipinski definition) is 0. The maximum Gasteiger partial charge on any atom is 0.178 e. The third-order valence-corrected chi connectivity index (χ3v) is 3.29. The quantitative estimate of drug-likeness (QED) is 0.694. The molecule has 1 aliphatic carbocycles. The molecule has 0 aromatic heterocycles. The van der Waals surface area contributed by atoms with Gasteiger partial charge in [0, 0.05) is 19.5 Å². The van der Waals surface area contributed by atoms with Gasteiger partial charge in [-0.15, -0.1) is 0 Å². The van der Waals surface area contributed by atoms with Gasteiger partial charge in [-0.25, -0.2) is 0 Å². The van der Waals surface area contributed by atoms with Crippen LogP contribution >= 0.6 is 0 Å². The molecule has 0 saturated carbocycles. The van der Waals surface area contributed by atoms with Gasteiger partial charge in [0.25, 0.3) is 0 Å². The molecule has 2 heteroatoms. The van der Waals surface area contributed by atoms with Crippen LogP contribution in [-0.2, 0) is 4.79 Å². The minimum absolute atomic E-state index is 0.400. The number of Topliss-reactive ketones (excluding diaryl/α,β-unsaturated/α-hetero) is 1. The van der Waals surface area contributed by atoms with Crippen molar-refractivity contribution in [2.45, 2.75) is 46.0 Å². The van der Waals surface area contributed by atoms with Crippen LogP contribution in [0.5, 0.6) is 0 Å². The van der Waals surface area contributed by atoms with Crippen LogP contribution in [0.25, 0.3) is 0 Å². The third-order valence-electron chi connectivity index (χ3n) is 3.29. The lowest BCUT2D eigenvalue weighted by Crippen LogP contribution is -2.37. The molecule has 0 N–H and O–H groups in total. The smallest absolute Gasteiger partial charge is 0.178 e. The highest BCUT2D eigenvalue weighted by atomic mass is 16.1. The summed E-state index contributed by atoms with van der Waals surface area (Å²) < 4.78 is 0. The van der Waals surface area contributed by atoms with Crippen LogP contribution in [0.15, 0.2) is 11.3 Å². The van der Waals surface area contributed by atoms with Crippen LogP contribution in [0.2, 0.25) is 0 Å². The molecule has 2 nitrogen and oxygen atoms in total. The van der Waals surface area contributed by atoms with E-state index < -0.39 is 0 Å². The van der Waals surface area contributed by atoms with Crippen LogP contribution in [0, 0.1) is 5.92 Å². The van der Waals surface area contributed by atoms with Gasteiger partial charge in [-0.1, -0.05) is 13.8 Å². The zero-order valence-corrected chi connectivity index (χ0v) is 9.88. The van der Waals surface area contributed by atoms with E-state index in [4.69, 9.17) is 0 Å². The van der Waals surface area contributed by atoms with Gasteiger partial charge in [0.05, 0.1) is 5.70 Å². The normalized spacial score (nSPS) is 22.3. The van der Waals surface area contributed by atoms with Crippen molar-refractivity contribution in [2.75, 3.05) is 13.1 Å². The summed E-state index contributed by atoms with van der Waals surface area (Å²) >= 11 is 0. The SMILES string of the molecule is CC(C)CN1CCCC2=C1C(=O)CCC2. The molecule has 0 radical (unpaired) electrons. The molecule has 2 aliphatic rings. The molecular formula is C13H21NO. The van der Waals surface area contributed by atoms with Gasteiger partial charge in [0.15, 0.2) is 5.78 Å². The first-order chi connectivity index (χ1) is 7.18. The van der Waals surface area contributed by atoms with E-state index >= 15 is 0 Å². The molecule has 15 heavy (non-hydrogen) atoms. The second-order valence-corrected chi connectivity index (χ2v) is 5.17. The summed E-state index contributed by atoms with van der Waals surface area (Å²) in [7, 11) is 0. The fraction of sp³-hybridized carbons (Fsp3) is 0.769. The average molecular weight is 207 g/mol. The van der Waals surface area contributed by atoms with Gasteiger partial charge in [-0.2, -0.15) is 0 Å². The van der Waals surface area contributed by atoms with Crippen LogP contribution in [-0.4, -0.2) is 23.8 Å². The zero-order valence-electron chi connectivity index (χ0n) is 9.88.